The number of benzene rings is 2. The van der Waals surface area contributed by atoms with E-state index in [2.05, 4.69) is 0 Å². The third-order valence-electron chi connectivity index (χ3n) is 4.10. The molecule has 0 saturated carbocycles. The van der Waals surface area contributed by atoms with E-state index in [1.54, 1.807) is 0 Å². The molecule has 1 aliphatic heterocycles. The second-order valence-electron chi connectivity index (χ2n) is 6.34. The summed E-state index contributed by atoms with van der Waals surface area (Å²) in [6, 6.07) is 6.44. The molecule has 2 aromatic carbocycles. The third kappa shape index (κ3) is 5.07. The van der Waals surface area contributed by atoms with Gasteiger partial charge in [-0.1, -0.05) is 0 Å². The highest BCUT2D eigenvalue weighted by atomic mass is 32.2. The number of nitrogen functional groups attached to an aromatic ring is 2. The fourth-order valence-electron chi connectivity index (χ4n) is 2.64. The zero-order valence-corrected chi connectivity index (χ0v) is 19.0. The number of anilines is 2. The molecule has 3 rings (SSSR count). The summed E-state index contributed by atoms with van der Waals surface area (Å²) >= 11 is 0. The highest BCUT2D eigenvalue weighted by Gasteiger charge is 2.31. The lowest BCUT2D eigenvalue weighted by atomic mass is 10.2. The Morgan fingerprint density at radius 1 is 0.750 bits per heavy atom. The second-order valence-corrected chi connectivity index (χ2v) is 12.4. The van der Waals surface area contributed by atoms with Gasteiger partial charge in [0, 0.05) is 16.4 Å². The van der Waals surface area contributed by atoms with Gasteiger partial charge < -0.3 is 16.2 Å². The summed E-state index contributed by atoms with van der Waals surface area (Å²) < 4.78 is 104. The van der Waals surface area contributed by atoms with E-state index in [1.165, 1.54) is 23.6 Å². The lowest BCUT2D eigenvalue weighted by molar-refractivity contribution is 0.435. The summed E-state index contributed by atoms with van der Waals surface area (Å²) in [5, 5.41) is 2.18. The lowest BCUT2D eigenvalue weighted by Gasteiger charge is -2.15. The van der Waals surface area contributed by atoms with E-state index in [4.69, 9.17) is 20.8 Å². The summed E-state index contributed by atoms with van der Waals surface area (Å²) in [5.41, 5.74) is 11.7. The number of thiol groups is 1. The highest BCUT2D eigenvalue weighted by molar-refractivity contribution is 8.23. The Morgan fingerprint density at radius 2 is 1.41 bits per heavy atom. The largest absolute Gasteiger partial charge is 0.455 e. The van der Waals surface area contributed by atoms with Crippen molar-refractivity contribution in [2.24, 2.45) is 0 Å². The summed E-state index contributed by atoms with van der Waals surface area (Å²) in [6.07, 6.45) is 0. The van der Waals surface area contributed by atoms with Gasteiger partial charge in [-0.2, -0.15) is 36.1 Å². The normalized spacial score (nSPS) is 18.2. The van der Waals surface area contributed by atoms with Crippen molar-refractivity contribution in [3.8, 4) is 5.75 Å². The van der Waals surface area contributed by atoms with Gasteiger partial charge in [-0.15, -0.1) is 0 Å². The van der Waals surface area contributed by atoms with Crippen LogP contribution in [0.25, 0.3) is 0 Å². The maximum Gasteiger partial charge on any atom is 0.298 e. The molecule has 1 atom stereocenters. The average Bonchev–Trinajstić information content (AvgIpc) is 3.07. The van der Waals surface area contributed by atoms with Crippen molar-refractivity contribution in [1.82, 2.24) is 0 Å². The standard InChI is InChI=1S/C16H16N2O10S4/c17-11-3-1-9(5-12(11)18)28-13-7-29(8-16(13)32(25,26)27)14-4-2-10(30(19,20)21)6-15(14)31(22,23)24/h1-8,29H,17-18H2,(H,19,20,21)(H,22,23,24)(H,25,26,27). The molecule has 1 aliphatic rings. The molecule has 32 heavy (non-hydrogen) atoms. The molecule has 1 unspecified atom stereocenters. The van der Waals surface area contributed by atoms with Crippen LogP contribution in [-0.4, -0.2) is 38.9 Å². The Kier molecular flexibility index (Phi) is 6.07. The number of ether oxygens (including phenoxy) is 1. The predicted molar refractivity (Wildman–Crippen MR) is 117 cm³/mol. The van der Waals surface area contributed by atoms with Crippen LogP contribution in [0.3, 0.4) is 0 Å². The van der Waals surface area contributed by atoms with Crippen LogP contribution in [0.15, 0.2) is 72.6 Å². The van der Waals surface area contributed by atoms with Gasteiger partial charge >= 0.3 is 0 Å². The van der Waals surface area contributed by atoms with Crippen molar-refractivity contribution in [2.45, 2.75) is 14.7 Å². The Labute approximate surface area is 185 Å². The van der Waals surface area contributed by atoms with Crippen LogP contribution < -0.4 is 16.2 Å². The highest BCUT2D eigenvalue weighted by Crippen LogP contribution is 2.51. The third-order valence-corrected chi connectivity index (χ3v) is 9.04. The van der Waals surface area contributed by atoms with E-state index in [1.807, 2.05) is 0 Å². The van der Waals surface area contributed by atoms with Gasteiger partial charge in [0.25, 0.3) is 30.4 Å². The Balaban J connectivity index is 2.15. The molecular formula is C16H16N2O10S4. The molecule has 7 N–H and O–H groups in total. The van der Waals surface area contributed by atoms with Gasteiger partial charge in [0.2, 0.25) is 0 Å². The van der Waals surface area contributed by atoms with E-state index in [-0.39, 0.29) is 27.8 Å². The molecule has 0 bridgehead atoms. The minimum Gasteiger partial charge on any atom is -0.455 e. The van der Waals surface area contributed by atoms with Gasteiger partial charge in [-0.25, -0.2) is 0 Å². The van der Waals surface area contributed by atoms with E-state index < -0.39 is 55.9 Å². The van der Waals surface area contributed by atoms with Crippen LogP contribution >= 0.6 is 10.9 Å². The van der Waals surface area contributed by atoms with Crippen molar-refractivity contribution in [3.05, 3.63) is 57.9 Å². The van der Waals surface area contributed by atoms with Crippen molar-refractivity contribution >= 4 is 52.6 Å². The van der Waals surface area contributed by atoms with Crippen LogP contribution in [0.1, 0.15) is 0 Å². The number of hydrogen-bond donors (Lipinski definition) is 6. The second kappa shape index (κ2) is 8.07. The quantitative estimate of drug-likeness (QED) is 0.179. The molecular weight excluding hydrogens is 508 g/mol. The molecule has 0 saturated heterocycles. The minimum atomic E-state index is -4.99. The molecule has 0 radical (unpaired) electrons. The molecule has 1 heterocycles. The number of rotatable bonds is 6. The lowest BCUT2D eigenvalue weighted by Crippen LogP contribution is -2.07. The first-order chi connectivity index (χ1) is 14.6. The maximum atomic E-state index is 11.9. The molecule has 174 valence electrons. The van der Waals surface area contributed by atoms with Gasteiger partial charge in [-0.05, 0) is 35.7 Å². The van der Waals surface area contributed by atoms with Crippen LogP contribution in [0, 0.1) is 0 Å². The van der Waals surface area contributed by atoms with Crippen molar-refractivity contribution < 1.29 is 43.6 Å². The fourth-order valence-corrected chi connectivity index (χ4v) is 7.56. The molecule has 0 fully saturated rings. The molecule has 12 nitrogen and oxygen atoms in total. The van der Waals surface area contributed by atoms with Crippen LogP contribution in [0.4, 0.5) is 11.4 Å². The Bertz CT molecular complexity index is 1490. The number of hydrogen-bond acceptors (Lipinski definition) is 9. The van der Waals surface area contributed by atoms with Crippen LogP contribution in [0.2, 0.25) is 0 Å². The van der Waals surface area contributed by atoms with Gasteiger partial charge in [0.1, 0.15) is 15.6 Å². The zero-order valence-electron chi connectivity index (χ0n) is 15.6. The first-order valence-corrected chi connectivity index (χ1v) is 14.0. The average molecular weight is 525 g/mol. The van der Waals surface area contributed by atoms with Gasteiger partial charge in [-0.3, -0.25) is 13.7 Å². The predicted octanol–water partition coefficient (Wildman–Crippen LogP) is 1.37. The van der Waals surface area contributed by atoms with Crippen LogP contribution in [0.5, 0.6) is 5.75 Å². The first kappa shape index (κ1) is 24.1. The smallest absolute Gasteiger partial charge is 0.298 e. The summed E-state index contributed by atoms with van der Waals surface area (Å²) in [7, 11) is -16.6. The molecule has 2 aromatic rings. The molecule has 0 aromatic heterocycles. The fraction of sp³-hybridized carbons (Fsp3) is 0. The van der Waals surface area contributed by atoms with Crippen molar-refractivity contribution in [1.29, 1.82) is 0 Å². The monoisotopic (exact) mass is 524 g/mol. The SMILES string of the molecule is Nc1ccc(OC2=C[SH](c3ccc(S(=O)(=O)O)cc3S(=O)(=O)O)C=C2S(=O)(=O)O)cc1N. The van der Waals surface area contributed by atoms with E-state index in [0.717, 1.165) is 17.5 Å². The maximum absolute atomic E-state index is 11.9. The van der Waals surface area contributed by atoms with E-state index >= 15 is 0 Å². The molecule has 0 amide bonds. The Morgan fingerprint density at radius 3 is 1.94 bits per heavy atom. The van der Waals surface area contributed by atoms with E-state index in [0.29, 0.717) is 6.07 Å². The summed E-state index contributed by atoms with van der Waals surface area (Å²) in [6.45, 7) is 0. The van der Waals surface area contributed by atoms with Crippen molar-refractivity contribution in [2.75, 3.05) is 11.5 Å². The topological polar surface area (TPSA) is 224 Å². The van der Waals surface area contributed by atoms with Gasteiger partial charge in [0.05, 0.1) is 16.3 Å². The minimum absolute atomic E-state index is 0.0612. The summed E-state index contributed by atoms with van der Waals surface area (Å²) in [5.74, 6) is -0.297. The van der Waals surface area contributed by atoms with Gasteiger partial charge in [0.15, 0.2) is 5.76 Å². The van der Waals surface area contributed by atoms with E-state index in [9.17, 15) is 34.4 Å². The molecule has 0 aliphatic carbocycles. The number of nitrogens with two attached hydrogens (primary N) is 2. The van der Waals surface area contributed by atoms with Crippen LogP contribution in [-0.2, 0) is 30.4 Å². The van der Waals surface area contributed by atoms with Crippen molar-refractivity contribution in [3.63, 3.8) is 0 Å². The zero-order chi connectivity index (χ0) is 24.1. The summed E-state index contributed by atoms with van der Waals surface area (Å²) in [4.78, 5) is -2.55. The molecule has 16 heteroatoms. The first-order valence-electron chi connectivity index (χ1n) is 8.19. The molecule has 0 spiro atoms. The Hall–Kier alpha value is -2.60.